The smallest absolute Gasteiger partial charge is 0.248 e. The maximum Gasteiger partial charge on any atom is 0.248 e. The lowest BCUT2D eigenvalue weighted by Crippen LogP contribution is -2.52. The Morgan fingerprint density at radius 2 is 1.71 bits per heavy atom. The van der Waals surface area contributed by atoms with Crippen molar-refractivity contribution in [3.05, 3.63) is 29.8 Å². The summed E-state index contributed by atoms with van der Waals surface area (Å²) < 4.78 is 0. The van der Waals surface area contributed by atoms with Crippen LogP contribution in [0.5, 0.6) is 0 Å². The molecule has 1 aliphatic heterocycles. The molecule has 2 amide bonds. The summed E-state index contributed by atoms with van der Waals surface area (Å²) in [6, 6.07) is 7.99. The molecule has 21 heavy (non-hydrogen) atoms. The number of hydrogen-bond donors (Lipinski definition) is 1. The lowest BCUT2D eigenvalue weighted by Gasteiger charge is -2.33. The van der Waals surface area contributed by atoms with Crippen LogP contribution in [0.25, 0.3) is 0 Å². The van der Waals surface area contributed by atoms with Crippen molar-refractivity contribution in [1.82, 2.24) is 4.90 Å². The van der Waals surface area contributed by atoms with E-state index in [1.807, 2.05) is 23.1 Å². The van der Waals surface area contributed by atoms with E-state index in [0.717, 1.165) is 36.9 Å². The molecule has 0 aromatic heterocycles. The van der Waals surface area contributed by atoms with Gasteiger partial charge in [-0.2, -0.15) is 0 Å². The quantitative estimate of drug-likeness (QED) is 0.831. The molecule has 2 aliphatic rings. The van der Waals surface area contributed by atoms with Crippen molar-refractivity contribution in [2.75, 3.05) is 25.0 Å². The molecular formula is C16H21N3O2. The third-order valence-corrected chi connectivity index (χ3v) is 4.68. The fourth-order valence-electron chi connectivity index (χ4n) is 3.22. The van der Waals surface area contributed by atoms with Gasteiger partial charge in [0.25, 0.3) is 0 Å². The van der Waals surface area contributed by atoms with Crippen LogP contribution in [0.1, 0.15) is 31.2 Å². The van der Waals surface area contributed by atoms with Gasteiger partial charge in [-0.15, -0.1) is 0 Å². The summed E-state index contributed by atoms with van der Waals surface area (Å²) >= 11 is 0. The molecule has 0 bridgehead atoms. The molecule has 0 atom stereocenters. The Morgan fingerprint density at radius 3 is 2.33 bits per heavy atom. The lowest BCUT2D eigenvalue weighted by atomic mass is 9.89. The number of rotatable bonds is 2. The zero-order chi connectivity index (χ0) is 15.0. The van der Waals surface area contributed by atoms with Crippen LogP contribution in [0.15, 0.2) is 24.3 Å². The van der Waals surface area contributed by atoms with E-state index in [1.165, 1.54) is 11.9 Å². The Bertz CT molecular complexity index is 561. The predicted molar refractivity (Wildman–Crippen MR) is 80.8 cm³/mol. The minimum Gasteiger partial charge on any atom is -0.353 e. The van der Waals surface area contributed by atoms with Gasteiger partial charge in [-0.3, -0.25) is 14.5 Å². The van der Waals surface area contributed by atoms with Crippen molar-refractivity contribution in [2.45, 2.75) is 31.2 Å². The van der Waals surface area contributed by atoms with Gasteiger partial charge in [-0.05, 0) is 30.5 Å². The number of nitrogens with zero attached hydrogens (tertiary/aromatic N) is 2. The second-order valence-corrected chi connectivity index (χ2v) is 6.12. The summed E-state index contributed by atoms with van der Waals surface area (Å²) in [6.45, 7) is 0.479. The Hall–Kier alpha value is -1.88. The van der Waals surface area contributed by atoms with E-state index in [1.54, 1.807) is 0 Å². The number of benzene rings is 1. The average Bonchev–Trinajstić information content (AvgIpc) is 2.92. The molecule has 2 N–H and O–H groups in total. The summed E-state index contributed by atoms with van der Waals surface area (Å²) in [5.74, 6) is -0.333. The number of anilines is 1. The Kier molecular flexibility index (Phi) is 3.45. The summed E-state index contributed by atoms with van der Waals surface area (Å²) in [5.41, 5.74) is 8.25. The third-order valence-electron chi connectivity index (χ3n) is 4.68. The van der Waals surface area contributed by atoms with Gasteiger partial charge in [-0.1, -0.05) is 25.0 Å². The van der Waals surface area contributed by atoms with Gasteiger partial charge in [0.15, 0.2) is 0 Å². The first kappa shape index (κ1) is 14.1. The number of nitrogens with two attached hydrogens (primary N) is 1. The van der Waals surface area contributed by atoms with Crippen LogP contribution < -0.4 is 10.6 Å². The second-order valence-electron chi connectivity index (χ2n) is 6.12. The standard InChI is InChI=1S/C16H21N3O2/c1-18-14(20)10-19(11-15(18)21)13-6-4-5-12(9-13)16(17)7-2-3-8-16/h4-6,9H,2-3,7-8,10-11,17H2,1H3. The van der Waals surface area contributed by atoms with Crippen LogP contribution in [0.3, 0.4) is 0 Å². The molecule has 1 aromatic carbocycles. The fraction of sp³-hybridized carbons (Fsp3) is 0.500. The van der Waals surface area contributed by atoms with E-state index in [9.17, 15) is 9.59 Å². The Morgan fingerprint density at radius 1 is 1.10 bits per heavy atom. The number of likely N-dealkylation sites (N-methyl/N-ethyl adjacent to an activating group) is 1. The molecule has 5 nitrogen and oxygen atoms in total. The van der Waals surface area contributed by atoms with Crippen molar-refractivity contribution in [3.8, 4) is 0 Å². The number of hydrogen-bond acceptors (Lipinski definition) is 4. The molecule has 112 valence electrons. The van der Waals surface area contributed by atoms with E-state index in [0.29, 0.717) is 0 Å². The molecule has 0 unspecified atom stereocenters. The van der Waals surface area contributed by atoms with Crippen molar-refractivity contribution in [3.63, 3.8) is 0 Å². The second kappa shape index (κ2) is 5.15. The van der Waals surface area contributed by atoms with Crippen molar-refractivity contribution >= 4 is 17.5 Å². The minimum atomic E-state index is -0.253. The molecule has 1 aromatic rings. The summed E-state index contributed by atoms with van der Waals surface area (Å²) in [4.78, 5) is 26.7. The topological polar surface area (TPSA) is 66.6 Å². The van der Waals surface area contributed by atoms with E-state index >= 15 is 0 Å². The van der Waals surface area contributed by atoms with Gasteiger partial charge in [0, 0.05) is 18.3 Å². The highest BCUT2D eigenvalue weighted by molar-refractivity contribution is 6.02. The summed E-state index contributed by atoms with van der Waals surface area (Å²) in [6.07, 6.45) is 4.31. The predicted octanol–water partition coefficient (Wildman–Crippen LogP) is 1.22. The molecule has 3 rings (SSSR count). The zero-order valence-electron chi connectivity index (χ0n) is 12.3. The van der Waals surface area contributed by atoms with Crippen molar-refractivity contribution < 1.29 is 9.59 Å². The largest absolute Gasteiger partial charge is 0.353 e. The maximum absolute atomic E-state index is 11.8. The molecular weight excluding hydrogens is 266 g/mol. The van der Waals surface area contributed by atoms with Crippen molar-refractivity contribution in [2.24, 2.45) is 5.73 Å². The number of imide groups is 1. The first-order valence-corrected chi connectivity index (χ1v) is 7.43. The zero-order valence-corrected chi connectivity index (χ0v) is 12.3. The molecule has 1 saturated carbocycles. The van der Waals surface area contributed by atoms with Crippen LogP contribution >= 0.6 is 0 Å². The Labute approximate surface area is 124 Å². The van der Waals surface area contributed by atoms with Gasteiger partial charge in [0.2, 0.25) is 11.8 Å². The van der Waals surface area contributed by atoms with E-state index in [-0.39, 0.29) is 30.4 Å². The number of piperazine rings is 1. The van der Waals surface area contributed by atoms with Crippen LogP contribution in [-0.2, 0) is 15.1 Å². The maximum atomic E-state index is 11.8. The molecule has 5 heteroatoms. The third kappa shape index (κ3) is 2.53. The minimum absolute atomic E-state index is 0.167. The van der Waals surface area contributed by atoms with Crippen molar-refractivity contribution in [1.29, 1.82) is 0 Å². The monoisotopic (exact) mass is 287 g/mol. The number of carbonyl (C=O) groups is 2. The molecule has 1 heterocycles. The van der Waals surface area contributed by atoms with Gasteiger partial charge < -0.3 is 10.6 Å². The first-order chi connectivity index (χ1) is 9.99. The molecule has 2 fully saturated rings. The van der Waals surface area contributed by atoms with E-state index in [2.05, 4.69) is 6.07 Å². The molecule has 0 radical (unpaired) electrons. The molecule has 1 saturated heterocycles. The summed E-state index contributed by atoms with van der Waals surface area (Å²) in [7, 11) is 1.53. The molecule has 1 aliphatic carbocycles. The first-order valence-electron chi connectivity index (χ1n) is 7.43. The van der Waals surface area contributed by atoms with Crippen LogP contribution in [0.4, 0.5) is 5.69 Å². The van der Waals surface area contributed by atoms with Gasteiger partial charge in [0.05, 0.1) is 13.1 Å². The number of amides is 2. The van der Waals surface area contributed by atoms with Crippen LogP contribution in [0.2, 0.25) is 0 Å². The highest BCUT2D eigenvalue weighted by atomic mass is 16.2. The van der Waals surface area contributed by atoms with E-state index < -0.39 is 0 Å². The normalized spacial score (nSPS) is 22.0. The van der Waals surface area contributed by atoms with Gasteiger partial charge in [-0.25, -0.2) is 0 Å². The highest BCUT2D eigenvalue weighted by Crippen LogP contribution is 2.37. The Balaban J connectivity index is 1.86. The highest BCUT2D eigenvalue weighted by Gasteiger charge is 2.32. The average molecular weight is 287 g/mol. The van der Waals surface area contributed by atoms with Crippen LogP contribution in [-0.4, -0.2) is 36.9 Å². The van der Waals surface area contributed by atoms with Gasteiger partial charge in [0.1, 0.15) is 0 Å². The lowest BCUT2D eigenvalue weighted by molar-refractivity contribution is -0.143. The molecule has 0 spiro atoms. The number of carbonyl (C=O) groups excluding carboxylic acids is 2. The van der Waals surface area contributed by atoms with Gasteiger partial charge >= 0.3 is 0 Å². The SMILES string of the molecule is CN1C(=O)CN(c2cccc(C3(N)CCCC3)c2)CC1=O. The summed E-state index contributed by atoms with van der Waals surface area (Å²) in [5, 5.41) is 0. The van der Waals surface area contributed by atoms with E-state index in [4.69, 9.17) is 5.73 Å². The fourth-order valence-corrected chi connectivity index (χ4v) is 3.22. The van der Waals surface area contributed by atoms with Crippen LogP contribution in [0, 0.1) is 0 Å².